The lowest BCUT2D eigenvalue weighted by atomic mass is 9.83. The fourth-order valence-corrected chi connectivity index (χ4v) is 6.65. The molecule has 7 heteroatoms. The summed E-state index contributed by atoms with van der Waals surface area (Å²) in [6.07, 6.45) is 0.632. The van der Waals surface area contributed by atoms with Crippen molar-refractivity contribution in [2.75, 3.05) is 32.1 Å². The van der Waals surface area contributed by atoms with Crippen molar-refractivity contribution in [3.63, 3.8) is 0 Å². The average Bonchev–Trinajstić information content (AvgIpc) is 3.09. The Balaban J connectivity index is 1.45. The molecule has 0 saturated carbocycles. The van der Waals surface area contributed by atoms with Gasteiger partial charge in [0.05, 0.1) is 12.4 Å². The van der Waals surface area contributed by atoms with E-state index in [4.69, 9.17) is 9.47 Å². The van der Waals surface area contributed by atoms with Crippen LogP contribution in [0.2, 0.25) is 0 Å². The molecule has 1 aromatic carbocycles. The summed E-state index contributed by atoms with van der Waals surface area (Å²) < 4.78 is 35.6. The molecule has 2 fully saturated rings. The third-order valence-electron chi connectivity index (χ3n) is 5.77. The van der Waals surface area contributed by atoms with Gasteiger partial charge in [-0.2, -0.15) is 0 Å². The third kappa shape index (κ3) is 2.56. The maximum Gasteiger partial charge on any atom is 0.264 e. The molecule has 2 atom stereocenters. The van der Waals surface area contributed by atoms with E-state index in [0.29, 0.717) is 26.1 Å². The number of sulfone groups is 1. The molecule has 1 spiro atoms. The molecule has 3 aliphatic heterocycles. The minimum atomic E-state index is -3.19. The molecule has 136 valence electrons. The predicted molar refractivity (Wildman–Crippen MR) is 92.3 cm³/mol. The SMILES string of the molecule is CCOC[C@@H]1CCS(=O)(=O)C12CN(C(=O)[C@@H]1Cc3ccccc3O1)C2. The molecule has 3 aliphatic rings. The number of nitrogens with zero attached hydrogens (tertiary/aromatic N) is 1. The van der Waals surface area contributed by atoms with Crippen LogP contribution in [-0.2, 0) is 25.8 Å². The van der Waals surface area contributed by atoms with E-state index in [1.54, 1.807) is 4.90 Å². The summed E-state index contributed by atoms with van der Waals surface area (Å²) in [5.74, 6) is 0.805. The lowest BCUT2D eigenvalue weighted by Gasteiger charge is -2.50. The van der Waals surface area contributed by atoms with Crippen LogP contribution in [0.3, 0.4) is 0 Å². The van der Waals surface area contributed by atoms with Crippen LogP contribution in [0.4, 0.5) is 0 Å². The van der Waals surface area contributed by atoms with Gasteiger partial charge in [-0.1, -0.05) is 18.2 Å². The molecule has 6 nitrogen and oxygen atoms in total. The van der Waals surface area contributed by atoms with Crippen LogP contribution in [0.5, 0.6) is 5.75 Å². The Morgan fingerprint density at radius 1 is 1.36 bits per heavy atom. The first-order chi connectivity index (χ1) is 12.0. The minimum absolute atomic E-state index is 0.0248. The predicted octanol–water partition coefficient (Wildman–Crippen LogP) is 1.04. The fraction of sp³-hybridized carbons (Fsp3) is 0.611. The minimum Gasteiger partial charge on any atom is -0.480 e. The van der Waals surface area contributed by atoms with Crippen LogP contribution in [0.15, 0.2) is 24.3 Å². The standard InChI is InChI=1S/C18H23NO5S/c1-2-23-10-14-7-8-25(21,22)18(14)11-19(12-18)17(20)16-9-13-5-3-4-6-15(13)24-16/h3-6,14,16H,2,7-12H2,1H3/t14-,16-/m0/s1. The van der Waals surface area contributed by atoms with Gasteiger partial charge in [-0.05, 0) is 25.0 Å². The number of hydrogen-bond acceptors (Lipinski definition) is 5. The van der Waals surface area contributed by atoms with Crippen molar-refractivity contribution in [3.05, 3.63) is 29.8 Å². The monoisotopic (exact) mass is 365 g/mol. The quantitative estimate of drug-likeness (QED) is 0.797. The van der Waals surface area contributed by atoms with E-state index in [2.05, 4.69) is 0 Å². The molecule has 0 unspecified atom stereocenters. The van der Waals surface area contributed by atoms with Crippen molar-refractivity contribution < 1.29 is 22.7 Å². The van der Waals surface area contributed by atoms with Crippen molar-refractivity contribution >= 4 is 15.7 Å². The topological polar surface area (TPSA) is 72.9 Å². The highest BCUT2D eigenvalue weighted by atomic mass is 32.2. The number of ether oxygens (including phenoxy) is 2. The van der Waals surface area contributed by atoms with E-state index in [-0.39, 0.29) is 30.7 Å². The molecule has 25 heavy (non-hydrogen) atoms. The van der Waals surface area contributed by atoms with Crippen molar-refractivity contribution in [2.45, 2.75) is 30.6 Å². The van der Waals surface area contributed by atoms with Gasteiger partial charge in [0.1, 0.15) is 10.5 Å². The fourth-order valence-electron chi connectivity index (χ4n) is 4.25. The number of benzene rings is 1. The van der Waals surface area contributed by atoms with Gasteiger partial charge in [0.15, 0.2) is 15.9 Å². The van der Waals surface area contributed by atoms with Crippen molar-refractivity contribution in [1.82, 2.24) is 4.90 Å². The normalized spacial score (nSPS) is 28.4. The van der Waals surface area contributed by atoms with Crippen LogP contribution < -0.4 is 4.74 Å². The summed E-state index contributed by atoms with van der Waals surface area (Å²) in [5, 5.41) is 0. The van der Waals surface area contributed by atoms with Crippen LogP contribution in [-0.4, -0.2) is 62.1 Å². The number of carbonyl (C=O) groups excluding carboxylic acids is 1. The summed E-state index contributed by atoms with van der Waals surface area (Å²) in [6.45, 7) is 3.46. The van der Waals surface area contributed by atoms with Crippen LogP contribution in [0.1, 0.15) is 18.9 Å². The second-order valence-corrected chi connectivity index (χ2v) is 9.59. The molecule has 1 amide bonds. The number of amides is 1. The highest BCUT2D eigenvalue weighted by Gasteiger charge is 2.63. The highest BCUT2D eigenvalue weighted by Crippen LogP contribution is 2.45. The lowest BCUT2D eigenvalue weighted by Crippen LogP contribution is -2.70. The van der Waals surface area contributed by atoms with Crippen molar-refractivity contribution in [3.8, 4) is 5.75 Å². The summed E-state index contributed by atoms with van der Waals surface area (Å²) in [7, 11) is -3.19. The largest absolute Gasteiger partial charge is 0.480 e. The van der Waals surface area contributed by atoms with Gasteiger partial charge in [0.2, 0.25) is 0 Å². The molecule has 0 aromatic heterocycles. The Morgan fingerprint density at radius 3 is 2.84 bits per heavy atom. The summed E-state index contributed by atoms with van der Waals surface area (Å²) in [5.41, 5.74) is 1.03. The molecule has 0 aliphatic carbocycles. The van der Waals surface area contributed by atoms with E-state index >= 15 is 0 Å². The molecular weight excluding hydrogens is 342 g/mol. The van der Waals surface area contributed by atoms with Crippen molar-refractivity contribution in [1.29, 1.82) is 0 Å². The van der Waals surface area contributed by atoms with E-state index < -0.39 is 20.7 Å². The molecule has 0 radical (unpaired) electrons. The molecular formula is C18H23NO5S. The maximum atomic E-state index is 12.7. The Kier molecular flexibility index (Phi) is 4.03. The Bertz CT molecular complexity index is 759. The first-order valence-electron chi connectivity index (χ1n) is 8.80. The highest BCUT2D eigenvalue weighted by molar-refractivity contribution is 7.93. The van der Waals surface area contributed by atoms with E-state index in [0.717, 1.165) is 11.3 Å². The van der Waals surface area contributed by atoms with Gasteiger partial charge in [0, 0.05) is 32.0 Å². The smallest absolute Gasteiger partial charge is 0.264 e. The Hall–Kier alpha value is -1.60. The summed E-state index contributed by atoms with van der Waals surface area (Å²) >= 11 is 0. The van der Waals surface area contributed by atoms with Gasteiger partial charge < -0.3 is 14.4 Å². The molecule has 3 heterocycles. The van der Waals surface area contributed by atoms with Crippen molar-refractivity contribution in [2.24, 2.45) is 5.92 Å². The number of rotatable bonds is 4. The molecule has 1 aromatic rings. The number of fused-ring (bicyclic) bond motifs is 1. The molecule has 2 saturated heterocycles. The average molecular weight is 365 g/mol. The van der Waals surface area contributed by atoms with Crippen LogP contribution in [0, 0.1) is 5.92 Å². The third-order valence-corrected chi connectivity index (χ3v) is 8.38. The van der Waals surface area contributed by atoms with Gasteiger partial charge in [-0.3, -0.25) is 4.79 Å². The zero-order valence-corrected chi connectivity index (χ0v) is 15.1. The molecule has 4 rings (SSSR count). The summed E-state index contributed by atoms with van der Waals surface area (Å²) in [6, 6.07) is 7.63. The zero-order chi connectivity index (χ0) is 17.7. The number of carbonyl (C=O) groups is 1. The zero-order valence-electron chi connectivity index (χ0n) is 14.3. The van der Waals surface area contributed by atoms with Gasteiger partial charge in [0.25, 0.3) is 5.91 Å². The Labute approximate surface area is 148 Å². The second kappa shape index (κ2) is 5.99. The van der Waals surface area contributed by atoms with Gasteiger partial charge in [-0.25, -0.2) is 8.42 Å². The van der Waals surface area contributed by atoms with Crippen LogP contribution in [0.25, 0.3) is 0 Å². The van der Waals surface area contributed by atoms with E-state index in [1.165, 1.54) is 0 Å². The first kappa shape index (κ1) is 16.8. The number of para-hydroxylation sites is 1. The Morgan fingerprint density at radius 2 is 2.12 bits per heavy atom. The number of likely N-dealkylation sites (tertiary alicyclic amines) is 1. The van der Waals surface area contributed by atoms with Crippen LogP contribution >= 0.6 is 0 Å². The second-order valence-electron chi connectivity index (χ2n) is 7.14. The van der Waals surface area contributed by atoms with Gasteiger partial charge in [-0.15, -0.1) is 0 Å². The number of hydrogen-bond donors (Lipinski definition) is 0. The lowest BCUT2D eigenvalue weighted by molar-refractivity contribution is -0.144. The van der Waals surface area contributed by atoms with E-state index in [1.807, 2.05) is 31.2 Å². The first-order valence-corrected chi connectivity index (χ1v) is 10.5. The maximum absolute atomic E-state index is 12.7. The molecule has 0 bridgehead atoms. The summed E-state index contributed by atoms with van der Waals surface area (Å²) in [4.78, 5) is 14.4. The van der Waals surface area contributed by atoms with Gasteiger partial charge >= 0.3 is 0 Å². The molecule has 0 N–H and O–H groups in total. The van der Waals surface area contributed by atoms with E-state index in [9.17, 15) is 13.2 Å².